The van der Waals surface area contributed by atoms with Crippen LogP contribution in [-0.2, 0) is 10.5 Å². The molecule has 0 bridgehead atoms. The average molecular weight is 370 g/mol. The van der Waals surface area contributed by atoms with Crippen molar-refractivity contribution in [2.45, 2.75) is 31.6 Å². The second-order valence-corrected chi connectivity index (χ2v) is 7.15. The molecule has 0 spiro atoms. The van der Waals surface area contributed by atoms with E-state index in [1.165, 1.54) is 0 Å². The first-order valence-corrected chi connectivity index (χ1v) is 9.80. The van der Waals surface area contributed by atoms with Crippen molar-refractivity contribution < 1.29 is 9.59 Å². The zero-order valence-corrected chi connectivity index (χ0v) is 15.5. The smallest absolute Gasteiger partial charge is 0.318 e. The molecule has 2 N–H and O–H groups in total. The Kier molecular flexibility index (Phi) is 7.72. The maximum absolute atomic E-state index is 12.2. The van der Waals surface area contributed by atoms with Crippen molar-refractivity contribution in [3.63, 3.8) is 0 Å². The maximum atomic E-state index is 12.2. The van der Waals surface area contributed by atoms with Crippen LogP contribution < -0.4 is 10.6 Å². The molecule has 2 rings (SSSR count). The molecule has 132 valence electrons. The second-order valence-electron chi connectivity index (χ2n) is 5.64. The molecule has 1 atom stereocenters. The van der Waals surface area contributed by atoms with Crippen molar-refractivity contribution >= 4 is 35.3 Å². The molecule has 7 heteroatoms. The summed E-state index contributed by atoms with van der Waals surface area (Å²) in [5, 5.41) is 6.51. The summed E-state index contributed by atoms with van der Waals surface area (Å²) in [5.41, 5.74) is 1.14. The quantitative estimate of drug-likeness (QED) is 0.726. The summed E-state index contributed by atoms with van der Waals surface area (Å²) < 4.78 is 0. The zero-order valence-electron chi connectivity index (χ0n) is 13.9. The number of hydrogen-bond acceptors (Lipinski definition) is 3. The summed E-state index contributed by atoms with van der Waals surface area (Å²) >= 11 is 7.92. The molecule has 0 radical (unpaired) electrons. The van der Waals surface area contributed by atoms with Crippen LogP contribution in [0.3, 0.4) is 0 Å². The average Bonchev–Trinajstić information content (AvgIpc) is 2.59. The van der Waals surface area contributed by atoms with Crippen molar-refractivity contribution in [3.05, 3.63) is 34.9 Å². The molecule has 1 fully saturated rings. The SMILES string of the molecule is CC[C@@H]1C(=O)NCCN1C(=O)NCCCSCc1ccccc1Cl. The number of carbonyl (C=O) groups is 2. The molecule has 1 heterocycles. The van der Waals surface area contributed by atoms with Gasteiger partial charge in [-0.25, -0.2) is 4.79 Å². The Morgan fingerprint density at radius 3 is 3.00 bits per heavy atom. The van der Waals surface area contributed by atoms with Crippen LogP contribution in [-0.4, -0.2) is 48.3 Å². The van der Waals surface area contributed by atoms with Crippen LogP contribution in [0.15, 0.2) is 24.3 Å². The molecule has 1 aliphatic heterocycles. The van der Waals surface area contributed by atoms with Gasteiger partial charge in [0.25, 0.3) is 0 Å². The van der Waals surface area contributed by atoms with Gasteiger partial charge in [0.1, 0.15) is 6.04 Å². The lowest BCUT2D eigenvalue weighted by molar-refractivity contribution is -0.127. The first-order chi connectivity index (χ1) is 11.6. The van der Waals surface area contributed by atoms with Crippen LogP contribution in [0.2, 0.25) is 5.02 Å². The molecule has 0 aromatic heterocycles. The molecule has 5 nitrogen and oxygen atoms in total. The Hall–Kier alpha value is -1.40. The van der Waals surface area contributed by atoms with E-state index in [4.69, 9.17) is 11.6 Å². The van der Waals surface area contributed by atoms with Crippen LogP contribution in [0.25, 0.3) is 0 Å². The minimum atomic E-state index is -0.353. The number of nitrogens with zero attached hydrogens (tertiary/aromatic N) is 1. The van der Waals surface area contributed by atoms with E-state index >= 15 is 0 Å². The normalized spacial score (nSPS) is 17.5. The molecule has 1 aromatic carbocycles. The van der Waals surface area contributed by atoms with Crippen molar-refractivity contribution in [1.82, 2.24) is 15.5 Å². The van der Waals surface area contributed by atoms with Crippen LogP contribution in [0.4, 0.5) is 4.79 Å². The number of rotatable bonds is 7. The molecular weight excluding hydrogens is 346 g/mol. The highest BCUT2D eigenvalue weighted by Crippen LogP contribution is 2.20. The number of thioether (sulfide) groups is 1. The van der Waals surface area contributed by atoms with Crippen molar-refractivity contribution in [2.24, 2.45) is 0 Å². The van der Waals surface area contributed by atoms with E-state index < -0.39 is 0 Å². The zero-order chi connectivity index (χ0) is 17.4. The standard InChI is InChI=1S/C17H24ClN3O2S/c1-2-15-16(22)19-9-10-21(15)17(23)20-8-5-11-24-12-13-6-3-4-7-14(13)18/h3-4,6-7,15H,2,5,8-12H2,1H3,(H,19,22)(H,20,23)/t15-/m1/s1. The number of benzene rings is 1. The third-order valence-corrected chi connectivity index (χ3v) is 5.40. The summed E-state index contributed by atoms with van der Waals surface area (Å²) in [6.45, 7) is 3.62. The predicted octanol–water partition coefficient (Wildman–Crippen LogP) is 2.88. The van der Waals surface area contributed by atoms with Gasteiger partial charge >= 0.3 is 6.03 Å². The molecule has 0 unspecified atom stereocenters. The Bertz CT molecular complexity index is 571. The van der Waals surface area contributed by atoms with E-state index in [1.807, 2.05) is 31.2 Å². The highest BCUT2D eigenvalue weighted by atomic mass is 35.5. The minimum absolute atomic E-state index is 0.0609. The van der Waals surface area contributed by atoms with Gasteiger partial charge in [-0.15, -0.1) is 0 Å². The van der Waals surface area contributed by atoms with Crippen molar-refractivity contribution in [1.29, 1.82) is 0 Å². The van der Waals surface area contributed by atoms with E-state index in [2.05, 4.69) is 10.6 Å². The van der Waals surface area contributed by atoms with Crippen molar-refractivity contribution in [2.75, 3.05) is 25.4 Å². The Labute approximate surface area is 152 Å². The lowest BCUT2D eigenvalue weighted by Crippen LogP contribution is -2.59. The van der Waals surface area contributed by atoms with Crippen LogP contribution in [0, 0.1) is 0 Å². The number of hydrogen-bond donors (Lipinski definition) is 2. The fourth-order valence-corrected chi connectivity index (χ4v) is 3.88. The summed E-state index contributed by atoms with van der Waals surface area (Å²) in [6.07, 6.45) is 1.52. The monoisotopic (exact) mass is 369 g/mol. The fourth-order valence-electron chi connectivity index (χ4n) is 2.63. The van der Waals surface area contributed by atoms with E-state index in [9.17, 15) is 9.59 Å². The molecule has 0 aliphatic carbocycles. The number of carbonyl (C=O) groups excluding carboxylic acids is 2. The molecule has 1 aliphatic rings. The lowest BCUT2D eigenvalue weighted by Gasteiger charge is -2.34. The van der Waals surface area contributed by atoms with Gasteiger partial charge in [0.15, 0.2) is 0 Å². The van der Waals surface area contributed by atoms with Gasteiger partial charge in [0.05, 0.1) is 0 Å². The highest BCUT2D eigenvalue weighted by Gasteiger charge is 2.31. The number of piperazine rings is 1. The third kappa shape index (κ3) is 5.31. The molecule has 24 heavy (non-hydrogen) atoms. The summed E-state index contributed by atoms with van der Waals surface area (Å²) in [4.78, 5) is 25.6. The highest BCUT2D eigenvalue weighted by molar-refractivity contribution is 7.98. The first kappa shape index (κ1) is 18.9. The van der Waals surface area contributed by atoms with Gasteiger partial charge in [0, 0.05) is 30.4 Å². The van der Waals surface area contributed by atoms with E-state index in [-0.39, 0.29) is 18.0 Å². The lowest BCUT2D eigenvalue weighted by atomic mass is 10.1. The van der Waals surface area contributed by atoms with E-state index in [1.54, 1.807) is 16.7 Å². The number of halogens is 1. The van der Waals surface area contributed by atoms with Gasteiger partial charge in [0.2, 0.25) is 5.91 Å². The number of amides is 3. The number of urea groups is 1. The third-order valence-electron chi connectivity index (χ3n) is 3.94. The predicted molar refractivity (Wildman–Crippen MR) is 99.4 cm³/mol. The molecular formula is C17H24ClN3O2S. The van der Waals surface area contributed by atoms with Crippen LogP contribution in [0.5, 0.6) is 0 Å². The Balaban J connectivity index is 1.64. The van der Waals surface area contributed by atoms with Crippen LogP contribution in [0.1, 0.15) is 25.3 Å². The minimum Gasteiger partial charge on any atom is -0.353 e. The first-order valence-electron chi connectivity index (χ1n) is 8.26. The summed E-state index contributed by atoms with van der Waals surface area (Å²) in [5.74, 6) is 1.76. The van der Waals surface area contributed by atoms with Gasteiger partial charge < -0.3 is 15.5 Å². The van der Waals surface area contributed by atoms with Gasteiger partial charge in [-0.2, -0.15) is 11.8 Å². The molecule has 1 saturated heterocycles. The van der Waals surface area contributed by atoms with Crippen molar-refractivity contribution in [3.8, 4) is 0 Å². The van der Waals surface area contributed by atoms with E-state index in [0.29, 0.717) is 26.1 Å². The van der Waals surface area contributed by atoms with Gasteiger partial charge in [-0.3, -0.25) is 4.79 Å². The molecule has 1 aromatic rings. The van der Waals surface area contributed by atoms with Gasteiger partial charge in [-0.05, 0) is 30.2 Å². The second kappa shape index (κ2) is 9.79. The van der Waals surface area contributed by atoms with Gasteiger partial charge in [-0.1, -0.05) is 36.7 Å². The summed E-state index contributed by atoms with van der Waals surface area (Å²) in [7, 11) is 0. The summed E-state index contributed by atoms with van der Waals surface area (Å²) in [6, 6.07) is 7.35. The van der Waals surface area contributed by atoms with Crippen LogP contribution >= 0.6 is 23.4 Å². The van der Waals surface area contributed by atoms with E-state index in [0.717, 1.165) is 28.5 Å². The molecule has 0 saturated carbocycles. The Morgan fingerprint density at radius 2 is 2.25 bits per heavy atom. The fraction of sp³-hybridized carbons (Fsp3) is 0.529. The Morgan fingerprint density at radius 1 is 1.46 bits per heavy atom. The number of nitrogens with one attached hydrogen (secondary N) is 2. The topological polar surface area (TPSA) is 61.4 Å². The molecule has 3 amide bonds. The largest absolute Gasteiger partial charge is 0.353 e. The maximum Gasteiger partial charge on any atom is 0.318 e.